The maximum absolute atomic E-state index is 13.4. The Morgan fingerprint density at radius 1 is 1.25 bits per heavy atom. The molecular formula is C14H21FN2O3. The quantitative estimate of drug-likeness (QED) is 0.581. The molecule has 0 unspecified atom stereocenters. The van der Waals surface area contributed by atoms with Gasteiger partial charge in [-0.15, -0.1) is 0 Å². The highest BCUT2D eigenvalue weighted by Crippen LogP contribution is 2.14. The first-order chi connectivity index (χ1) is 9.60. The lowest BCUT2D eigenvalue weighted by atomic mass is 10.1. The minimum absolute atomic E-state index is 0.0318. The van der Waals surface area contributed by atoms with Crippen LogP contribution in [0, 0.1) is 5.82 Å². The summed E-state index contributed by atoms with van der Waals surface area (Å²) in [5.74, 6) is -0.823. The van der Waals surface area contributed by atoms with E-state index in [0.717, 1.165) is 6.07 Å². The van der Waals surface area contributed by atoms with Crippen LogP contribution in [0.4, 0.5) is 10.1 Å². The second-order valence-electron chi connectivity index (χ2n) is 4.37. The van der Waals surface area contributed by atoms with Crippen LogP contribution in [0.15, 0.2) is 18.2 Å². The zero-order valence-electron chi connectivity index (χ0n) is 11.9. The van der Waals surface area contributed by atoms with Crippen LogP contribution in [-0.2, 0) is 9.47 Å². The Bertz CT molecular complexity index is 440. The Labute approximate surface area is 118 Å². The first kappa shape index (κ1) is 16.4. The summed E-state index contributed by atoms with van der Waals surface area (Å²) >= 11 is 0. The van der Waals surface area contributed by atoms with Crippen molar-refractivity contribution in [3.8, 4) is 0 Å². The predicted molar refractivity (Wildman–Crippen MR) is 75.1 cm³/mol. The average molecular weight is 284 g/mol. The number of halogens is 1. The van der Waals surface area contributed by atoms with Gasteiger partial charge in [0.25, 0.3) is 5.91 Å². The topological polar surface area (TPSA) is 64.8 Å². The minimum atomic E-state index is -0.584. The molecule has 0 saturated heterocycles. The van der Waals surface area contributed by atoms with E-state index >= 15 is 0 Å². The third-order valence-corrected chi connectivity index (χ3v) is 2.88. The van der Waals surface area contributed by atoms with Gasteiger partial charge in [-0.05, 0) is 24.6 Å². The standard InChI is InChI=1S/C14H21FN2O3/c1-19-8-3-6-17(7-9-20-2)14(18)11-4-5-13(16)12(15)10-11/h4-5,10H,3,6-9,16H2,1-2H3. The summed E-state index contributed by atoms with van der Waals surface area (Å²) in [5.41, 5.74) is 5.72. The Kier molecular flexibility index (Phi) is 6.97. The third-order valence-electron chi connectivity index (χ3n) is 2.88. The maximum Gasteiger partial charge on any atom is 0.254 e. The molecule has 1 rings (SSSR count). The molecule has 0 atom stereocenters. The van der Waals surface area contributed by atoms with E-state index in [1.54, 1.807) is 19.1 Å². The number of carbonyl (C=O) groups excluding carboxylic acids is 1. The summed E-state index contributed by atoms with van der Waals surface area (Å²) in [6.45, 7) is 1.97. The molecule has 0 spiro atoms. The molecule has 112 valence electrons. The number of nitrogen functional groups attached to an aromatic ring is 1. The number of benzene rings is 1. The van der Waals surface area contributed by atoms with E-state index in [2.05, 4.69) is 0 Å². The minimum Gasteiger partial charge on any atom is -0.396 e. The zero-order chi connectivity index (χ0) is 15.0. The number of hydrogen-bond donors (Lipinski definition) is 1. The van der Waals surface area contributed by atoms with E-state index in [0.29, 0.717) is 32.7 Å². The monoisotopic (exact) mass is 284 g/mol. The molecule has 1 amide bonds. The van der Waals surface area contributed by atoms with E-state index in [9.17, 15) is 9.18 Å². The van der Waals surface area contributed by atoms with Crippen LogP contribution in [0.5, 0.6) is 0 Å². The van der Waals surface area contributed by atoms with Gasteiger partial charge >= 0.3 is 0 Å². The van der Waals surface area contributed by atoms with Crippen molar-refractivity contribution in [1.29, 1.82) is 0 Å². The molecule has 0 heterocycles. The fourth-order valence-electron chi connectivity index (χ4n) is 1.76. The van der Waals surface area contributed by atoms with Gasteiger partial charge in [-0.2, -0.15) is 0 Å². The molecule has 0 fully saturated rings. The molecule has 0 aliphatic heterocycles. The van der Waals surface area contributed by atoms with Crippen LogP contribution in [0.3, 0.4) is 0 Å². The van der Waals surface area contributed by atoms with Gasteiger partial charge in [0.15, 0.2) is 0 Å². The Hall–Kier alpha value is -1.66. The second-order valence-corrected chi connectivity index (χ2v) is 4.37. The van der Waals surface area contributed by atoms with Crippen molar-refractivity contribution >= 4 is 11.6 Å². The predicted octanol–water partition coefficient (Wildman–Crippen LogP) is 1.53. The SMILES string of the molecule is COCCCN(CCOC)C(=O)c1ccc(N)c(F)c1. The van der Waals surface area contributed by atoms with Gasteiger partial charge in [0.05, 0.1) is 12.3 Å². The smallest absolute Gasteiger partial charge is 0.254 e. The summed E-state index contributed by atoms with van der Waals surface area (Å²) in [7, 11) is 3.18. The summed E-state index contributed by atoms with van der Waals surface area (Å²) in [6.07, 6.45) is 0.712. The van der Waals surface area contributed by atoms with Crippen LogP contribution in [-0.4, -0.2) is 51.3 Å². The van der Waals surface area contributed by atoms with Crippen molar-refractivity contribution in [2.45, 2.75) is 6.42 Å². The van der Waals surface area contributed by atoms with Crippen molar-refractivity contribution in [2.75, 3.05) is 46.3 Å². The van der Waals surface area contributed by atoms with Gasteiger partial charge in [0.2, 0.25) is 0 Å². The number of rotatable bonds is 8. The van der Waals surface area contributed by atoms with Gasteiger partial charge in [-0.25, -0.2) is 4.39 Å². The van der Waals surface area contributed by atoms with Crippen molar-refractivity contribution < 1.29 is 18.7 Å². The van der Waals surface area contributed by atoms with Crippen molar-refractivity contribution in [1.82, 2.24) is 4.90 Å². The van der Waals surface area contributed by atoms with Crippen LogP contribution >= 0.6 is 0 Å². The van der Waals surface area contributed by atoms with Crippen molar-refractivity contribution in [2.24, 2.45) is 0 Å². The zero-order valence-corrected chi connectivity index (χ0v) is 11.9. The first-order valence-corrected chi connectivity index (χ1v) is 6.42. The Balaban J connectivity index is 2.76. The lowest BCUT2D eigenvalue weighted by Gasteiger charge is -2.22. The number of methoxy groups -OCH3 is 2. The number of amides is 1. The molecule has 0 aliphatic rings. The van der Waals surface area contributed by atoms with E-state index in [-0.39, 0.29) is 17.2 Å². The normalized spacial score (nSPS) is 10.6. The lowest BCUT2D eigenvalue weighted by molar-refractivity contribution is 0.0673. The summed E-state index contributed by atoms with van der Waals surface area (Å²) in [4.78, 5) is 13.9. The molecule has 0 aromatic heterocycles. The molecule has 6 heteroatoms. The highest BCUT2D eigenvalue weighted by Gasteiger charge is 2.16. The fraction of sp³-hybridized carbons (Fsp3) is 0.500. The average Bonchev–Trinajstić information content (AvgIpc) is 2.45. The molecule has 0 radical (unpaired) electrons. The van der Waals surface area contributed by atoms with Crippen LogP contribution in [0.2, 0.25) is 0 Å². The Morgan fingerprint density at radius 2 is 1.95 bits per heavy atom. The van der Waals surface area contributed by atoms with Crippen LogP contribution in [0.25, 0.3) is 0 Å². The summed E-state index contributed by atoms with van der Waals surface area (Å²) in [5, 5.41) is 0. The number of nitrogens with zero attached hydrogens (tertiary/aromatic N) is 1. The van der Waals surface area contributed by atoms with E-state index in [1.165, 1.54) is 12.1 Å². The number of carbonyl (C=O) groups is 1. The summed E-state index contributed by atoms with van der Waals surface area (Å²) < 4.78 is 23.4. The maximum atomic E-state index is 13.4. The van der Waals surface area contributed by atoms with Gasteiger partial charge < -0.3 is 20.1 Å². The molecule has 2 N–H and O–H groups in total. The molecule has 5 nitrogen and oxygen atoms in total. The van der Waals surface area contributed by atoms with Gasteiger partial charge in [-0.3, -0.25) is 4.79 Å². The van der Waals surface area contributed by atoms with Crippen molar-refractivity contribution in [3.63, 3.8) is 0 Å². The molecule has 0 aliphatic carbocycles. The number of ether oxygens (including phenoxy) is 2. The third kappa shape index (κ3) is 4.79. The van der Waals surface area contributed by atoms with Crippen LogP contribution in [0.1, 0.15) is 16.8 Å². The highest BCUT2D eigenvalue weighted by molar-refractivity contribution is 5.94. The molecule has 0 saturated carbocycles. The van der Waals surface area contributed by atoms with Gasteiger partial charge in [-0.1, -0.05) is 0 Å². The van der Waals surface area contributed by atoms with Gasteiger partial charge in [0, 0.05) is 39.5 Å². The Morgan fingerprint density at radius 3 is 2.55 bits per heavy atom. The molecule has 1 aromatic rings. The van der Waals surface area contributed by atoms with Crippen LogP contribution < -0.4 is 5.73 Å². The largest absolute Gasteiger partial charge is 0.396 e. The van der Waals surface area contributed by atoms with Crippen molar-refractivity contribution in [3.05, 3.63) is 29.6 Å². The molecule has 1 aromatic carbocycles. The number of nitrogens with two attached hydrogens (primary N) is 1. The first-order valence-electron chi connectivity index (χ1n) is 6.42. The lowest BCUT2D eigenvalue weighted by Crippen LogP contribution is -2.35. The highest BCUT2D eigenvalue weighted by atomic mass is 19.1. The van der Waals surface area contributed by atoms with E-state index < -0.39 is 5.82 Å². The number of anilines is 1. The van der Waals surface area contributed by atoms with E-state index in [1.807, 2.05) is 0 Å². The second kappa shape index (κ2) is 8.50. The summed E-state index contributed by atoms with van der Waals surface area (Å²) in [6, 6.07) is 4.08. The fourth-order valence-corrected chi connectivity index (χ4v) is 1.76. The molecule has 0 bridgehead atoms. The van der Waals surface area contributed by atoms with E-state index in [4.69, 9.17) is 15.2 Å². The number of hydrogen-bond acceptors (Lipinski definition) is 4. The van der Waals surface area contributed by atoms with Gasteiger partial charge in [0.1, 0.15) is 5.82 Å². The molecule has 20 heavy (non-hydrogen) atoms. The molecular weight excluding hydrogens is 263 g/mol.